The van der Waals surface area contributed by atoms with Gasteiger partial charge in [0.25, 0.3) is 0 Å². The van der Waals surface area contributed by atoms with Crippen LogP contribution in [0.25, 0.3) is 0 Å². The monoisotopic (exact) mass is 133 g/mol. The van der Waals surface area contributed by atoms with Crippen molar-refractivity contribution in [1.82, 2.24) is 0 Å². The molecule has 1 unspecified atom stereocenters. The molecule has 0 bridgehead atoms. The molecule has 1 nitrogen and oxygen atoms in total. The maximum atomic E-state index is 12.0. The Morgan fingerprint density at radius 3 is 2.22 bits per heavy atom. The maximum absolute atomic E-state index is 12.0. The minimum absolute atomic E-state index is 0.176. The van der Waals surface area contributed by atoms with E-state index in [0.29, 0.717) is 12.5 Å². The first kappa shape index (κ1) is 8.89. The molecule has 0 heterocycles. The summed E-state index contributed by atoms with van der Waals surface area (Å²) in [5.41, 5.74) is 5.36. The number of alkyl halides is 1. The summed E-state index contributed by atoms with van der Waals surface area (Å²) in [5.74, 6) is 0.509. The lowest BCUT2D eigenvalue weighted by Gasteiger charge is -2.16. The van der Waals surface area contributed by atoms with E-state index in [0.717, 1.165) is 6.42 Å². The summed E-state index contributed by atoms with van der Waals surface area (Å²) in [5, 5.41) is 0. The molecule has 0 aromatic carbocycles. The Hall–Kier alpha value is -0.110. The molecule has 0 aliphatic heterocycles. The van der Waals surface area contributed by atoms with Crippen LogP contribution in [0.15, 0.2) is 0 Å². The zero-order valence-corrected chi connectivity index (χ0v) is 6.23. The van der Waals surface area contributed by atoms with E-state index in [9.17, 15) is 4.39 Å². The Balaban J connectivity index is 3.50. The van der Waals surface area contributed by atoms with Crippen molar-refractivity contribution in [2.24, 2.45) is 17.6 Å². The molecule has 56 valence electrons. The number of nitrogens with two attached hydrogens (primary N) is 1. The van der Waals surface area contributed by atoms with Crippen LogP contribution in [0.1, 0.15) is 20.3 Å². The van der Waals surface area contributed by atoms with E-state index >= 15 is 0 Å². The predicted molar refractivity (Wildman–Crippen MR) is 38.0 cm³/mol. The predicted octanol–water partition coefficient (Wildman–Crippen LogP) is 1.58. The number of hydrogen-bond donors (Lipinski definition) is 1. The Bertz CT molecular complexity index is 61.9. The summed E-state index contributed by atoms with van der Waals surface area (Å²) >= 11 is 0. The first-order chi connectivity index (χ1) is 4.26. The molecule has 2 N–H and O–H groups in total. The Labute approximate surface area is 56.4 Å². The van der Waals surface area contributed by atoms with Crippen molar-refractivity contribution < 1.29 is 4.39 Å². The largest absolute Gasteiger partial charge is 0.330 e. The van der Waals surface area contributed by atoms with Gasteiger partial charge in [-0.25, -0.2) is 0 Å². The van der Waals surface area contributed by atoms with Crippen molar-refractivity contribution in [2.75, 3.05) is 13.2 Å². The number of hydrogen-bond acceptors (Lipinski definition) is 1. The molecule has 0 radical (unpaired) electrons. The van der Waals surface area contributed by atoms with Gasteiger partial charge in [-0.1, -0.05) is 20.3 Å². The lowest BCUT2D eigenvalue weighted by molar-refractivity contribution is 0.271. The Kier molecular flexibility index (Phi) is 4.68. The van der Waals surface area contributed by atoms with Gasteiger partial charge in [0.2, 0.25) is 0 Å². The molecular formula is C7H16FN. The summed E-state index contributed by atoms with van der Waals surface area (Å²) in [6.07, 6.45) is 0.898. The molecule has 0 rings (SSSR count). The molecule has 0 aromatic heterocycles. The van der Waals surface area contributed by atoms with Crippen molar-refractivity contribution in [3.8, 4) is 0 Å². The van der Waals surface area contributed by atoms with Crippen LogP contribution in [0.2, 0.25) is 0 Å². The fourth-order valence-electron chi connectivity index (χ4n) is 0.856. The minimum atomic E-state index is -0.227. The SMILES string of the molecule is CCC(CF)[C@H](C)CN. The first-order valence-electron chi connectivity index (χ1n) is 3.52. The van der Waals surface area contributed by atoms with Crippen molar-refractivity contribution in [2.45, 2.75) is 20.3 Å². The van der Waals surface area contributed by atoms with Crippen molar-refractivity contribution in [1.29, 1.82) is 0 Å². The normalized spacial score (nSPS) is 17.3. The maximum Gasteiger partial charge on any atom is 0.0925 e. The summed E-state index contributed by atoms with van der Waals surface area (Å²) in [7, 11) is 0. The van der Waals surface area contributed by atoms with E-state index in [1.807, 2.05) is 13.8 Å². The Morgan fingerprint density at radius 1 is 1.56 bits per heavy atom. The second-order valence-electron chi connectivity index (χ2n) is 2.54. The highest BCUT2D eigenvalue weighted by molar-refractivity contribution is 4.63. The topological polar surface area (TPSA) is 26.0 Å². The molecule has 0 fully saturated rings. The quantitative estimate of drug-likeness (QED) is 0.619. The average Bonchev–Trinajstić information content (AvgIpc) is 1.90. The van der Waals surface area contributed by atoms with Gasteiger partial charge in [-0.05, 0) is 18.4 Å². The van der Waals surface area contributed by atoms with Gasteiger partial charge >= 0.3 is 0 Å². The van der Waals surface area contributed by atoms with E-state index < -0.39 is 0 Å². The van der Waals surface area contributed by atoms with Crippen LogP contribution < -0.4 is 5.73 Å². The van der Waals surface area contributed by atoms with E-state index in [2.05, 4.69) is 0 Å². The van der Waals surface area contributed by atoms with Gasteiger partial charge in [0.15, 0.2) is 0 Å². The van der Waals surface area contributed by atoms with Crippen LogP contribution in [-0.4, -0.2) is 13.2 Å². The molecule has 0 aromatic rings. The van der Waals surface area contributed by atoms with E-state index in [4.69, 9.17) is 5.73 Å². The van der Waals surface area contributed by atoms with E-state index in [1.165, 1.54) is 0 Å². The molecule has 0 saturated carbocycles. The zero-order valence-electron chi connectivity index (χ0n) is 6.23. The van der Waals surface area contributed by atoms with Gasteiger partial charge < -0.3 is 5.73 Å². The molecule has 0 aliphatic rings. The molecule has 2 atom stereocenters. The highest BCUT2D eigenvalue weighted by Crippen LogP contribution is 2.13. The lowest BCUT2D eigenvalue weighted by atomic mass is 9.93. The second kappa shape index (κ2) is 4.74. The van der Waals surface area contributed by atoms with Crippen LogP contribution in [0.4, 0.5) is 4.39 Å². The van der Waals surface area contributed by atoms with Crippen molar-refractivity contribution in [3.05, 3.63) is 0 Å². The van der Waals surface area contributed by atoms with Crippen LogP contribution >= 0.6 is 0 Å². The van der Waals surface area contributed by atoms with Gasteiger partial charge in [0, 0.05) is 0 Å². The fourth-order valence-corrected chi connectivity index (χ4v) is 0.856. The minimum Gasteiger partial charge on any atom is -0.330 e. The first-order valence-corrected chi connectivity index (χ1v) is 3.52. The van der Waals surface area contributed by atoms with Crippen LogP contribution in [0.3, 0.4) is 0 Å². The van der Waals surface area contributed by atoms with Gasteiger partial charge in [-0.3, -0.25) is 4.39 Å². The third-order valence-electron chi connectivity index (χ3n) is 1.90. The fraction of sp³-hybridized carbons (Fsp3) is 1.00. The molecular weight excluding hydrogens is 117 g/mol. The molecule has 2 heteroatoms. The average molecular weight is 133 g/mol. The summed E-state index contributed by atoms with van der Waals surface area (Å²) < 4.78 is 12.0. The van der Waals surface area contributed by atoms with Gasteiger partial charge in [-0.15, -0.1) is 0 Å². The van der Waals surface area contributed by atoms with E-state index in [-0.39, 0.29) is 12.6 Å². The third-order valence-corrected chi connectivity index (χ3v) is 1.90. The number of halogens is 1. The van der Waals surface area contributed by atoms with Crippen LogP contribution in [-0.2, 0) is 0 Å². The van der Waals surface area contributed by atoms with Crippen LogP contribution in [0.5, 0.6) is 0 Å². The summed E-state index contributed by atoms with van der Waals surface area (Å²) in [4.78, 5) is 0. The summed E-state index contributed by atoms with van der Waals surface area (Å²) in [6.45, 7) is 4.36. The van der Waals surface area contributed by atoms with Crippen molar-refractivity contribution in [3.63, 3.8) is 0 Å². The third kappa shape index (κ3) is 2.80. The van der Waals surface area contributed by atoms with Gasteiger partial charge in [0.1, 0.15) is 0 Å². The smallest absolute Gasteiger partial charge is 0.0925 e. The molecule has 9 heavy (non-hydrogen) atoms. The van der Waals surface area contributed by atoms with Crippen LogP contribution in [0, 0.1) is 11.8 Å². The molecule has 0 spiro atoms. The van der Waals surface area contributed by atoms with Crippen molar-refractivity contribution >= 4 is 0 Å². The molecule has 0 amide bonds. The summed E-state index contributed by atoms with van der Waals surface area (Å²) in [6, 6.07) is 0. The lowest BCUT2D eigenvalue weighted by Crippen LogP contribution is -2.21. The zero-order chi connectivity index (χ0) is 7.28. The number of rotatable bonds is 4. The van der Waals surface area contributed by atoms with Gasteiger partial charge in [-0.2, -0.15) is 0 Å². The van der Waals surface area contributed by atoms with E-state index in [1.54, 1.807) is 0 Å². The molecule has 0 saturated heterocycles. The standard InChI is InChI=1S/C7H16FN/c1-3-7(4-8)6(2)5-9/h6-7H,3-5,9H2,1-2H3/t6-,7?/m1/s1. The van der Waals surface area contributed by atoms with Gasteiger partial charge in [0.05, 0.1) is 6.67 Å². The highest BCUT2D eigenvalue weighted by atomic mass is 19.1. The highest BCUT2D eigenvalue weighted by Gasteiger charge is 2.12. The Morgan fingerprint density at radius 2 is 2.11 bits per heavy atom. The molecule has 0 aliphatic carbocycles. The second-order valence-corrected chi connectivity index (χ2v) is 2.54.